The predicted molar refractivity (Wildman–Crippen MR) is 62.9 cm³/mol. The molecule has 0 aromatic heterocycles. The third-order valence-electron chi connectivity index (χ3n) is 2.34. The zero-order chi connectivity index (χ0) is 10.1. The first-order chi connectivity index (χ1) is 6.72. The van der Waals surface area contributed by atoms with Crippen LogP contribution in [0, 0.1) is 6.92 Å². The summed E-state index contributed by atoms with van der Waals surface area (Å²) in [6.45, 7) is 2.05. The number of hydrogen-bond donors (Lipinski definition) is 0. The molecule has 0 aliphatic heterocycles. The van der Waals surface area contributed by atoms with Crippen molar-refractivity contribution in [2.24, 2.45) is 0 Å². The van der Waals surface area contributed by atoms with Crippen molar-refractivity contribution >= 4 is 26.7 Å². The standard InChI is InChI=1S/C12H11BrO/c1-8-6-9-4-3-5-11(13)10(9)7-12(8)14-2/h3-7H,1-2H3. The van der Waals surface area contributed by atoms with E-state index in [9.17, 15) is 0 Å². The quantitative estimate of drug-likeness (QED) is 0.746. The molecule has 72 valence electrons. The van der Waals surface area contributed by atoms with E-state index in [0.29, 0.717) is 0 Å². The molecule has 0 radical (unpaired) electrons. The number of aryl methyl sites for hydroxylation is 1. The summed E-state index contributed by atoms with van der Waals surface area (Å²) in [5.74, 6) is 0.935. The fourth-order valence-corrected chi connectivity index (χ4v) is 2.10. The molecule has 0 aliphatic carbocycles. The highest BCUT2D eigenvalue weighted by atomic mass is 79.9. The molecule has 2 rings (SSSR count). The van der Waals surface area contributed by atoms with Gasteiger partial charge in [-0.1, -0.05) is 28.1 Å². The predicted octanol–water partition coefficient (Wildman–Crippen LogP) is 3.92. The number of rotatable bonds is 1. The SMILES string of the molecule is COc1cc2c(Br)cccc2cc1C. The van der Waals surface area contributed by atoms with Crippen LogP contribution in [0.2, 0.25) is 0 Å². The summed E-state index contributed by atoms with van der Waals surface area (Å²) in [6.07, 6.45) is 0. The number of halogens is 1. The van der Waals surface area contributed by atoms with E-state index in [2.05, 4.69) is 41.1 Å². The van der Waals surface area contributed by atoms with Gasteiger partial charge in [-0.3, -0.25) is 0 Å². The number of fused-ring (bicyclic) bond motifs is 1. The summed E-state index contributed by atoms with van der Waals surface area (Å²) in [6, 6.07) is 10.4. The molecule has 0 unspecified atom stereocenters. The van der Waals surface area contributed by atoms with Crippen molar-refractivity contribution in [3.05, 3.63) is 40.4 Å². The molecule has 0 amide bonds. The van der Waals surface area contributed by atoms with Crippen molar-refractivity contribution in [2.45, 2.75) is 6.92 Å². The molecular weight excluding hydrogens is 240 g/mol. The first-order valence-electron chi connectivity index (χ1n) is 4.45. The lowest BCUT2D eigenvalue weighted by atomic mass is 10.1. The maximum Gasteiger partial charge on any atom is 0.122 e. The Hall–Kier alpha value is -1.02. The van der Waals surface area contributed by atoms with Crippen molar-refractivity contribution in [3.63, 3.8) is 0 Å². The highest BCUT2D eigenvalue weighted by Gasteiger charge is 2.03. The lowest BCUT2D eigenvalue weighted by molar-refractivity contribution is 0.412. The van der Waals surface area contributed by atoms with Crippen LogP contribution in [0.4, 0.5) is 0 Å². The molecule has 2 aromatic rings. The Morgan fingerprint density at radius 1 is 1.21 bits per heavy atom. The number of ether oxygens (including phenoxy) is 1. The van der Waals surface area contributed by atoms with Gasteiger partial charge in [-0.15, -0.1) is 0 Å². The van der Waals surface area contributed by atoms with E-state index >= 15 is 0 Å². The third-order valence-corrected chi connectivity index (χ3v) is 3.03. The van der Waals surface area contributed by atoms with Crippen LogP contribution in [0.5, 0.6) is 5.75 Å². The van der Waals surface area contributed by atoms with E-state index in [1.54, 1.807) is 7.11 Å². The molecule has 0 bridgehead atoms. The van der Waals surface area contributed by atoms with Crippen molar-refractivity contribution < 1.29 is 4.74 Å². The van der Waals surface area contributed by atoms with Crippen molar-refractivity contribution in [1.29, 1.82) is 0 Å². The Kier molecular flexibility index (Phi) is 2.46. The minimum Gasteiger partial charge on any atom is -0.496 e. The van der Waals surface area contributed by atoms with Gasteiger partial charge in [-0.25, -0.2) is 0 Å². The number of hydrogen-bond acceptors (Lipinski definition) is 1. The minimum atomic E-state index is 0.935. The van der Waals surface area contributed by atoms with E-state index < -0.39 is 0 Å². The molecule has 14 heavy (non-hydrogen) atoms. The van der Waals surface area contributed by atoms with Crippen LogP contribution in [0.1, 0.15) is 5.56 Å². The molecule has 1 nitrogen and oxygen atoms in total. The van der Waals surface area contributed by atoms with Crippen molar-refractivity contribution in [3.8, 4) is 5.75 Å². The van der Waals surface area contributed by atoms with Gasteiger partial charge in [0.05, 0.1) is 7.11 Å². The highest BCUT2D eigenvalue weighted by Crippen LogP contribution is 2.30. The maximum absolute atomic E-state index is 5.29. The second kappa shape index (κ2) is 3.62. The molecular formula is C12H11BrO. The van der Waals surface area contributed by atoms with Crippen LogP contribution in [0.25, 0.3) is 10.8 Å². The third kappa shape index (κ3) is 1.50. The van der Waals surface area contributed by atoms with Crippen molar-refractivity contribution in [1.82, 2.24) is 0 Å². The summed E-state index contributed by atoms with van der Waals surface area (Å²) >= 11 is 3.53. The van der Waals surface area contributed by atoms with Gasteiger partial charge in [0.15, 0.2) is 0 Å². The summed E-state index contributed by atoms with van der Waals surface area (Å²) in [4.78, 5) is 0. The van der Waals surface area contributed by atoms with Gasteiger partial charge in [-0.05, 0) is 41.5 Å². The van der Waals surface area contributed by atoms with Crippen molar-refractivity contribution in [2.75, 3.05) is 7.11 Å². The topological polar surface area (TPSA) is 9.23 Å². The Morgan fingerprint density at radius 3 is 2.71 bits per heavy atom. The van der Waals surface area contributed by atoms with Crippen LogP contribution in [0.15, 0.2) is 34.8 Å². The lowest BCUT2D eigenvalue weighted by Gasteiger charge is -2.07. The second-order valence-electron chi connectivity index (χ2n) is 3.28. The lowest BCUT2D eigenvalue weighted by Crippen LogP contribution is -1.87. The fourth-order valence-electron chi connectivity index (χ4n) is 1.60. The molecule has 0 fully saturated rings. The van der Waals surface area contributed by atoms with Crippen LogP contribution in [-0.4, -0.2) is 7.11 Å². The zero-order valence-electron chi connectivity index (χ0n) is 8.17. The van der Waals surface area contributed by atoms with Gasteiger partial charge in [0.1, 0.15) is 5.75 Å². The maximum atomic E-state index is 5.29. The van der Waals surface area contributed by atoms with Gasteiger partial charge in [-0.2, -0.15) is 0 Å². The van der Waals surface area contributed by atoms with E-state index in [-0.39, 0.29) is 0 Å². The average Bonchev–Trinajstić information content (AvgIpc) is 2.17. The number of methoxy groups -OCH3 is 1. The molecule has 0 heterocycles. The van der Waals surface area contributed by atoms with Gasteiger partial charge in [0, 0.05) is 4.47 Å². The average molecular weight is 251 g/mol. The van der Waals surface area contributed by atoms with Gasteiger partial charge in [0.25, 0.3) is 0 Å². The van der Waals surface area contributed by atoms with Crippen LogP contribution in [-0.2, 0) is 0 Å². The smallest absolute Gasteiger partial charge is 0.122 e. The van der Waals surface area contributed by atoms with Crippen LogP contribution in [0.3, 0.4) is 0 Å². The first kappa shape index (κ1) is 9.53. The Balaban J connectivity index is 2.80. The fraction of sp³-hybridized carbons (Fsp3) is 0.167. The summed E-state index contributed by atoms with van der Waals surface area (Å²) in [7, 11) is 1.70. The Morgan fingerprint density at radius 2 is 2.00 bits per heavy atom. The highest BCUT2D eigenvalue weighted by molar-refractivity contribution is 9.10. The zero-order valence-corrected chi connectivity index (χ0v) is 9.76. The van der Waals surface area contributed by atoms with Crippen LogP contribution >= 0.6 is 15.9 Å². The van der Waals surface area contributed by atoms with E-state index in [1.807, 2.05) is 12.1 Å². The molecule has 2 heteroatoms. The summed E-state index contributed by atoms with van der Waals surface area (Å²) in [5, 5.41) is 2.42. The monoisotopic (exact) mass is 250 g/mol. The Bertz CT molecular complexity index is 477. The first-order valence-corrected chi connectivity index (χ1v) is 5.24. The van der Waals surface area contributed by atoms with Gasteiger partial charge in [0.2, 0.25) is 0 Å². The minimum absolute atomic E-state index is 0.935. The summed E-state index contributed by atoms with van der Waals surface area (Å²) in [5.41, 5.74) is 1.16. The van der Waals surface area contributed by atoms with Crippen LogP contribution < -0.4 is 4.74 Å². The molecule has 0 spiro atoms. The Labute approximate surface area is 91.8 Å². The van der Waals surface area contributed by atoms with Gasteiger partial charge >= 0.3 is 0 Å². The van der Waals surface area contributed by atoms with E-state index in [1.165, 1.54) is 10.8 Å². The molecule has 0 N–H and O–H groups in total. The normalized spacial score (nSPS) is 10.5. The molecule has 2 aromatic carbocycles. The molecule has 0 saturated heterocycles. The van der Waals surface area contributed by atoms with Gasteiger partial charge < -0.3 is 4.74 Å². The van der Waals surface area contributed by atoms with E-state index in [0.717, 1.165) is 15.8 Å². The summed E-state index contributed by atoms with van der Waals surface area (Å²) < 4.78 is 6.39. The number of benzene rings is 2. The molecule has 0 saturated carbocycles. The largest absolute Gasteiger partial charge is 0.496 e. The molecule has 0 aliphatic rings. The van der Waals surface area contributed by atoms with E-state index in [4.69, 9.17) is 4.74 Å². The second-order valence-corrected chi connectivity index (χ2v) is 4.14. The molecule has 0 atom stereocenters.